The summed E-state index contributed by atoms with van der Waals surface area (Å²) in [6, 6.07) is 6.72. The van der Waals surface area contributed by atoms with Crippen molar-refractivity contribution in [2.75, 3.05) is 308 Å². The van der Waals surface area contributed by atoms with Gasteiger partial charge in [0.1, 0.15) is 0 Å². The van der Waals surface area contributed by atoms with Gasteiger partial charge in [0.15, 0.2) is 0 Å². The topological polar surface area (TPSA) is 478 Å². The second-order valence-corrected chi connectivity index (χ2v) is 54.8. The molecule has 40 heteroatoms. The van der Waals surface area contributed by atoms with Crippen LogP contribution in [0.3, 0.4) is 0 Å². The molecule has 0 aromatic heterocycles. The van der Waals surface area contributed by atoms with Crippen LogP contribution in [0, 0.1) is 82.0 Å². The van der Waals surface area contributed by atoms with Gasteiger partial charge in [-0.1, -0.05) is 6.92 Å². The van der Waals surface area contributed by atoms with Crippen LogP contribution >= 0.6 is 0 Å². The molecule has 8 saturated carbocycles. The van der Waals surface area contributed by atoms with E-state index in [1.807, 2.05) is 30.9 Å². The fourth-order valence-electron chi connectivity index (χ4n) is 28.7. The first-order chi connectivity index (χ1) is 66.3. The summed E-state index contributed by atoms with van der Waals surface area (Å²) >= 11 is 0. The zero-order valence-corrected chi connectivity index (χ0v) is 93.2. The monoisotopic (exact) mass is 2050 g/mol. The van der Waals surface area contributed by atoms with Crippen molar-refractivity contribution in [3.8, 4) is 0 Å². The maximum atomic E-state index is 11.2. The number of rotatable bonds is 16. The molecular weight excluding hydrogens is 1850 g/mol. The molecule has 24 aliphatic rings. The molecule has 16 aliphatic heterocycles. The number of hydrogen-bond acceptors (Lipinski definition) is 33. The number of nitrogens with zero attached hydrogens (tertiary/aromatic N) is 15. The molecule has 16 heterocycles. The molecular formula is C101H205N27O10S3. The summed E-state index contributed by atoms with van der Waals surface area (Å²) in [4.78, 5) is 35.8. The predicted molar refractivity (Wildman–Crippen MR) is 570 cm³/mol. The Hall–Kier alpha value is -1.86. The number of nitrogens with two attached hydrogens (primary N) is 8. The van der Waals surface area contributed by atoms with Crippen molar-refractivity contribution in [2.24, 2.45) is 120 Å². The fourth-order valence-corrected chi connectivity index (χ4v) is 31.3. The summed E-state index contributed by atoms with van der Waals surface area (Å²) in [6.45, 7) is 44.7. The second-order valence-electron chi connectivity index (χ2n) is 49.7. The van der Waals surface area contributed by atoms with Crippen molar-refractivity contribution >= 4 is 30.4 Å². The van der Waals surface area contributed by atoms with Crippen molar-refractivity contribution < 1.29 is 44.8 Å². The maximum Gasteiger partial charge on any atom is 0.333 e. The van der Waals surface area contributed by atoms with Gasteiger partial charge in [-0.05, 0) is 370 Å². The summed E-state index contributed by atoms with van der Waals surface area (Å²) in [5.41, 5.74) is 38.0. The first-order valence-corrected chi connectivity index (χ1v) is 59.3. The molecule has 822 valence electrons. The minimum atomic E-state index is -3.76. The average molecular weight is 2050 g/mol. The minimum Gasteiger partial charge on any atom is -0.395 e. The molecule has 24 rings (SSSR count). The van der Waals surface area contributed by atoms with E-state index in [1.165, 1.54) is 221 Å². The molecule has 26 atom stereocenters. The Morgan fingerprint density at radius 2 is 1.06 bits per heavy atom. The highest BCUT2D eigenvalue weighted by Crippen LogP contribution is 2.59. The summed E-state index contributed by atoms with van der Waals surface area (Å²) in [6.07, 6.45) is 26.7. The van der Waals surface area contributed by atoms with E-state index in [0.717, 1.165) is 156 Å². The van der Waals surface area contributed by atoms with Gasteiger partial charge in [-0.3, -0.25) is 9.08 Å². The Morgan fingerprint density at radius 3 is 1.43 bits per heavy atom. The summed E-state index contributed by atoms with van der Waals surface area (Å²) in [5, 5.41) is 46.4. The van der Waals surface area contributed by atoms with Gasteiger partial charge in [-0.25, -0.2) is 38.4 Å². The van der Waals surface area contributed by atoms with E-state index in [-0.39, 0.29) is 47.5 Å². The number of aliphatic hydroxyl groups is 3. The zero-order valence-electron chi connectivity index (χ0n) is 90.7. The van der Waals surface area contributed by atoms with E-state index in [1.54, 1.807) is 0 Å². The molecule has 0 aromatic carbocycles. The number of likely N-dealkylation sites (N-methyl/N-ethyl adjacent to an activating group) is 3. The zero-order chi connectivity index (χ0) is 103. The van der Waals surface area contributed by atoms with Crippen LogP contribution in [0.4, 0.5) is 0 Å². The van der Waals surface area contributed by atoms with E-state index < -0.39 is 30.4 Å². The highest BCUT2D eigenvalue weighted by Gasteiger charge is 2.60. The number of likely N-dealkylation sites (tertiary alicyclic amines) is 12. The molecule has 141 heavy (non-hydrogen) atoms. The quantitative estimate of drug-likeness (QED) is 0.0807. The number of aliphatic hydroxyl groups excluding tert-OH is 3. The van der Waals surface area contributed by atoms with Crippen LogP contribution in [0.15, 0.2) is 0 Å². The molecule has 0 radical (unpaired) electrons. The van der Waals surface area contributed by atoms with Crippen molar-refractivity contribution in [1.82, 2.24) is 89.3 Å². The molecule has 16 saturated heterocycles. The number of nitrogens with one attached hydrogen (secondary N) is 4. The number of piperidine rings is 6. The fraction of sp³-hybridized carbons (Fsp3) is 0.990. The third kappa shape index (κ3) is 32.4. The third-order valence-electron chi connectivity index (χ3n) is 38.5. The van der Waals surface area contributed by atoms with Crippen LogP contribution in [-0.4, -0.2) is 511 Å². The first-order valence-electron chi connectivity index (χ1n) is 54.6. The largest absolute Gasteiger partial charge is 0.395 e. The van der Waals surface area contributed by atoms with Crippen LogP contribution in [0.2, 0.25) is 0 Å². The minimum absolute atomic E-state index is 0.0701. The van der Waals surface area contributed by atoms with E-state index in [2.05, 4.69) is 176 Å². The Kier molecular flexibility index (Phi) is 44.2. The molecule has 0 amide bonds. The van der Waals surface area contributed by atoms with Crippen LogP contribution in [0.25, 0.3) is 4.85 Å². The Morgan fingerprint density at radius 1 is 0.511 bits per heavy atom. The number of primary sulfonamides is 1. The predicted octanol–water partition coefficient (Wildman–Crippen LogP) is -1.20. The lowest BCUT2D eigenvalue weighted by molar-refractivity contribution is -0.111. The average Bonchev–Trinajstić information content (AvgIpc) is 1.66. The van der Waals surface area contributed by atoms with Crippen LogP contribution in [0.1, 0.15) is 162 Å². The molecule has 37 nitrogen and oxygen atoms in total. The van der Waals surface area contributed by atoms with Crippen molar-refractivity contribution in [3.05, 3.63) is 11.4 Å². The van der Waals surface area contributed by atoms with Gasteiger partial charge < -0.3 is 134 Å². The van der Waals surface area contributed by atoms with Gasteiger partial charge in [0, 0.05) is 219 Å². The lowest BCUT2D eigenvalue weighted by atomic mass is 9.52. The molecule has 8 bridgehead atoms. The smallest absolute Gasteiger partial charge is 0.333 e. The Labute approximate surface area is 854 Å². The highest BCUT2D eigenvalue weighted by molar-refractivity contribution is 7.90. The summed E-state index contributed by atoms with van der Waals surface area (Å²) in [5.74, 6) is 7.55. The van der Waals surface area contributed by atoms with Crippen LogP contribution in [-0.2, 0) is 34.5 Å². The molecule has 8 aliphatic carbocycles. The van der Waals surface area contributed by atoms with Crippen molar-refractivity contribution in [3.63, 3.8) is 0 Å². The summed E-state index contributed by atoms with van der Waals surface area (Å²) in [7, 11) is 19.2. The van der Waals surface area contributed by atoms with Gasteiger partial charge in [0.2, 0.25) is 26.6 Å². The molecule has 23 N–H and O–H groups in total. The number of hydrogen-bond donors (Lipinski definition) is 15. The summed E-state index contributed by atoms with van der Waals surface area (Å²) < 4.78 is 72.3. The standard InChI is InChI=1S/C11H22N2O2.C9H18N2O.C9H18N2.C8H15N3.4C8H16N2.C7H14N2O3S.2C7H14N2.C6H14N2O2S.C5H12N2O2S/c1-12-8-9-6-10(12)7-11(9)13(2-4-14)3-5-15;1-11-6-7-4-8(11)5-9(7)10-2-3-12;1-11-4-2-9(3-5-11)6-8(9)7-10;1-10-5-3-8(9)4-6-11(2)7-8;1-6-3-7-4-10(2)5-8(7)9-6;1-5-7-3-6(8(5)9)4-10(7)2;1-7(9)3-4-8(7)5-10(2)6-8;1-10-5-4-8(6-10)3-2-7(8)9;1-9-3-5-2-7(6(5)4-9)12-13(8,10)11;1-9-3-5-2-6(4-9)7(5)8;1-9-5-3-7(6-9)2-4-8-7;1-7-11(9,10)6-3-4-8(2)5-6;1-7-3-2-5(4-7)10(6,8)9/h9-11,14-15H,2-8H2,1H3;7-10,12H,2-6H2,1H3;8H,2-7,10H2,1H3;3-7,9H2,2H3;6-9H,3-5H2,1-2H3;5-8H,3-4,9H2,1-2H3;3-6,9H2,1-2H3;7H,2-6,9H2,1H3;5-7H,2-4H2,1H3,(H2,8,10,11);5-7H,2-4,8H2,1H3;8H,2-6H2,1H3;6-7H,3-5H2,1-2H3;5H,2-4H2,1H3,(H2,6,8,9)/t;;;;;;7-;7-,8+;5-,6+,7?;;;6-;5-/m......101..11/s1. The molecule has 19 unspecified atom stereocenters. The Bertz CT molecular complexity index is 4110. The Balaban J connectivity index is 0.000000146. The van der Waals surface area contributed by atoms with Gasteiger partial charge in [-0.15, -0.1) is 0 Å². The lowest BCUT2D eigenvalue weighted by Gasteiger charge is -2.64. The van der Waals surface area contributed by atoms with Crippen molar-refractivity contribution in [2.45, 2.75) is 256 Å². The molecule has 4 spiro atoms. The third-order valence-corrected chi connectivity index (χ3v) is 42.2. The highest BCUT2D eigenvalue weighted by atomic mass is 32.2. The first kappa shape index (κ1) is 119. The van der Waals surface area contributed by atoms with E-state index >= 15 is 0 Å². The van der Waals surface area contributed by atoms with E-state index in [9.17, 15) is 25.3 Å². The van der Waals surface area contributed by atoms with Gasteiger partial charge in [0.05, 0.1) is 36.4 Å². The maximum absolute atomic E-state index is 11.2. The van der Waals surface area contributed by atoms with E-state index in [4.69, 9.17) is 70.8 Å². The normalized spacial score (nSPS) is 40.4. The van der Waals surface area contributed by atoms with Crippen LogP contribution in [0.5, 0.6) is 0 Å². The SMILES string of the molecule is CC1C(N)C2CC1N(C)C2.CC1CC2CN(C)CC2N1.CN1CC2(CC[C@@]2(C)N)C1.CN1CC2CC(C1)C2N.CN1CC2CC1CC2N(CCO)CCO.CN1CC2CC1CC2NCCO.CN1CCC2(CC1)CC2CN.CN1CCC2(CCN2)C1.CN1CC[C@@H](S(N)(=O)=O)C1.CN1CC[C@]2(CC[C@@H]2N)C1.CN1C[C@H]2CC(OS(N)(=O)=O)[C@H]2C1.CNS(=O)(=O)[C@@H]1CCN(C)C1.[C-]#[N+]CCC1(N)CCN(C)C1. The number of sulfonamides is 2. The van der Waals surface area contributed by atoms with Gasteiger partial charge >= 0.3 is 10.3 Å². The van der Waals surface area contributed by atoms with Gasteiger partial charge in [0.25, 0.3) is 0 Å². The lowest BCUT2D eigenvalue weighted by Crippen LogP contribution is -2.74. The second kappa shape index (κ2) is 52.2. The number of fused-ring (bicyclic) bond motifs is 10. The van der Waals surface area contributed by atoms with Gasteiger partial charge in [-0.2, -0.15) is 8.42 Å². The van der Waals surface area contributed by atoms with Crippen molar-refractivity contribution in [1.29, 1.82) is 0 Å². The van der Waals surface area contributed by atoms with E-state index in [0.29, 0.717) is 103 Å². The molecule has 0 aromatic rings. The van der Waals surface area contributed by atoms with Crippen LogP contribution < -0.4 is 65.4 Å². The molecule has 24 fully saturated rings.